The van der Waals surface area contributed by atoms with Crippen LogP contribution < -0.4 is 10.6 Å². The van der Waals surface area contributed by atoms with Crippen LogP contribution in [0.4, 0.5) is 0 Å². The van der Waals surface area contributed by atoms with Crippen LogP contribution in [0.15, 0.2) is 0 Å². The lowest BCUT2D eigenvalue weighted by molar-refractivity contribution is -0.126. The summed E-state index contributed by atoms with van der Waals surface area (Å²) in [7, 11) is 0. The quantitative estimate of drug-likeness (QED) is 0.838. The highest BCUT2D eigenvalue weighted by Crippen LogP contribution is 2.29. The predicted molar refractivity (Wildman–Crippen MR) is 86.2 cm³/mol. The third kappa shape index (κ3) is 5.25. The summed E-state index contributed by atoms with van der Waals surface area (Å²) in [5.74, 6) is 1.84. The van der Waals surface area contributed by atoms with Gasteiger partial charge in [-0.15, -0.1) is 12.4 Å². The van der Waals surface area contributed by atoms with Crippen molar-refractivity contribution >= 4 is 18.3 Å². The Morgan fingerprint density at radius 3 is 2.60 bits per heavy atom. The number of nitrogens with one attached hydrogen (secondary N) is 2. The van der Waals surface area contributed by atoms with Gasteiger partial charge in [-0.1, -0.05) is 46.0 Å². The Morgan fingerprint density at radius 1 is 1.25 bits per heavy atom. The van der Waals surface area contributed by atoms with E-state index in [-0.39, 0.29) is 24.2 Å². The van der Waals surface area contributed by atoms with Gasteiger partial charge < -0.3 is 10.6 Å². The minimum atomic E-state index is 0. The lowest BCUT2D eigenvalue weighted by Gasteiger charge is -2.32. The van der Waals surface area contributed by atoms with Crippen molar-refractivity contribution in [3.63, 3.8) is 0 Å². The molecule has 0 aromatic heterocycles. The van der Waals surface area contributed by atoms with Crippen LogP contribution in [0.2, 0.25) is 0 Å². The minimum Gasteiger partial charge on any atom is -0.352 e. The largest absolute Gasteiger partial charge is 0.352 e. The van der Waals surface area contributed by atoms with Gasteiger partial charge >= 0.3 is 0 Å². The molecule has 118 valence electrons. The summed E-state index contributed by atoms with van der Waals surface area (Å²) in [5, 5.41) is 6.63. The van der Waals surface area contributed by atoms with Crippen molar-refractivity contribution in [3.8, 4) is 0 Å². The fourth-order valence-corrected chi connectivity index (χ4v) is 3.54. The summed E-state index contributed by atoms with van der Waals surface area (Å²) in [6.07, 6.45) is 9.04. The lowest BCUT2D eigenvalue weighted by Crippen LogP contribution is -2.51. The standard InChI is InChI=1S/C16H30N2O.ClH/c1-12-8-9-17-11-15(12)18-16(19)13(2)10-14-6-4-3-5-7-14;/h12-15,17H,3-11H2,1-2H3,(H,18,19);1H. The molecular weight excluding hydrogens is 272 g/mol. The molecule has 0 bridgehead atoms. The Hall–Kier alpha value is -0.280. The molecule has 1 aliphatic heterocycles. The highest BCUT2D eigenvalue weighted by molar-refractivity contribution is 5.85. The fourth-order valence-electron chi connectivity index (χ4n) is 3.54. The van der Waals surface area contributed by atoms with Gasteiger partial charge in [-0.25, -0.2) is 0 Å². The number of rotatable bonds is 4. The summed E-state index contributed by atoms with van der Waals surface area (Å²) < 4.78 is 0. The number of hydrogen-bond acceptors (Lipinski definition) is 2. The van der Waals surface area contributed by atoms with E-state index in [1.54, 1.807) is 0 Å². The molecule has 2 fully saturated rings. The molecule has 3 atom stereocenters. The van der Waals surface area contributed by atoms with Crippen molar-refractivity contribution in [2.45, 2.75) is 64.8 Å². The highest BCUT2D eigenvalue weighted by atomic mass is 35.5. The van der Waals surface area contributed by atoms with Crippen molar-refractivity contribution in [1.82, 2.24) is 10.6 Å². The third-order valence-corrected chi connectivity index (χ3v) is 5.01. The van der Waals surface area contributed by atoms with Gasteiger partial charge in [0.05, 0.1) is 0 Å². The second-order valence-electron chi connectivity index (χ2n) is 6.73. The first-order valence-electron chi connectivity index (χ1n) is 8.18. The Labute approximate surface area is 130 Å². The maximum atomic E-state index is 12.3. The van der Waals surface area contributed by atoms with E-state index in [4.69, 9.17) is 0 Å². The zero-order valence-electron chi connectivity index (χ0n) is 13.0. The van der Waals surface area contributed by atoms with Crippen LogP contribution in [0.5, 0.6) is 0 Å². The molecule has 1 aliphatic carbocycles. The average Bonchev–Trinajstić information content (AvgIpc) is 2.42. The zero-order valence-corrected chi connectivity index (χ0v) is 13.8. The lowest BCUT2D eigenvalue weighted by atomic mass is 9.83. The molecule has 0 aromatic rings. The number of piperidine rings is 1. The molecule has 3 unspecified atom stereocenters. The minimum absolute atomic E-state index is 0. The van der Waals surface area contributed by atoms with Crippen LogP contribution in [-0.4, -0.2) is 25.0 Å². The molecule has 0 aromatic carbocycles. The Morgan fingerprint density at radius 2 is 1.95 bits per heavy atom. The maximum absolute atomic E-state index is 12.3. The SMILES string of the molecule is CC(CC1CCCCC1)C(=O)NC1CNCCC1C.Cl. The molecule has 3 nitrogen and oxygen atoms in total. The summed E-state index contributed by atoms with van der Waals surface area (Å²) >= 11 is 0. The number of halogens is 1. The Kier molecular flexibility index (Phi) is 7.90. The van der Waals surface area contributed by atoms with E-state index in [9.17, 15) is 4.79 Å². The number of hydrogen-bond donors (Lipinski definition) is 2. The molecule has 20 heavy (non-hydrogen) atoms. The Bertz CT molecular complexity index is 292. The Balaban J connectivity index is 0.00000200. The topological polar surface area (TPSA) is 41.1 Å². The normalized spacial score (nSPS) is 29.3. The summed E-state index contributed by atoms with van der Waals surface area (Å²) in [4.78, 5) is 12.3. The monoisotopic (exact) mass is 302 g/mol. The summed E-state index contributed by atoms with van der Waals surface area (Å²) in [6, 6.07) is 0.329. The third-order valence-electron chi connectivity index (χ3n) is 5.01. The van der Waals surface area contributed by atoms with Crippen LogP contribution in [0, 0.1) is 17.8 Å². The van der Waals surface area contributed by atoms with E-state index in [1.165, 1.54) is 38.5 Å². The maximum Gasteiger partial charge on any atom is 0.223 e. The van der Waals surface area contributed by atoms with Crippen molar-refractivity contribution in [2.75, 3.05) is 13.1 Å². The first-order chi connectivity index (χ1) is 9.16. The number of carbonyl (C=O) groups is 1. The van der Waals surface area contributed by atoms with Crippen LogP contribution >= 0.6 is 12.4 Å². The fraction of sp³-hybridized carbons (Fsp3) is 0.938. The average molecular weight is 303 g/mol. The van der Waals surface area contributed by atoms with Gasteiger partial charge in [0.2, 0.25) is 5.91 Å². The van der Waals surface area contributed by atoms with Crippen LogP contribution in [0.1, 0.15) is 58.8 Å². The van der Waals surface area contributed by atoms with Crippen LogP contribution in [-0.2, 0) is 4.79 Å². The molecule has 4 heteroatoms. The molecule has 2 N–H and O–H groups in total. The van der Waals surface area contributed by atoms with E-state index in [0.29, 0.717) is 12.0 Å². The predicted octanol–water partition coefficient (Wildman–Crippen LogP) is 3.13. The van der Waals surface area contributed by atoms with Gasteiger partial charge in [-0.2, -0.15) is 0 Å². The van der Waals surface area contributed by atoms with Crippen LogP contribution in [0.25, 0.3) is 0 Å². The van der Waals surface area contributed by atoms with Crippen molar-refractivity contribution in [3.05, 3.63) is 0 Å². The summed E-state index contributed by atoms with van der Waals surface area (Å²) in [5.41, 5.74) is 0. The summed E-state index contributed by atoms with van der Waals surface area (Å²) in [6.45, 7) is 6.37. The van der Waals surface area contributed by atoms with Crippen molar-refractivity contribution in [2.24, 2.45) is 17.8 Å². The van der Waals surface area contributed by atoms with Crippen molar-refractivity contribution in [1.29, 1.82) is 0 Å². The second kappa shape index (κ2) is 8.89. The molecule has 1 saturated carbocycles. The first kappa shape index (κ1) is 17.8. The smallest absolute Gasteiger partial charge is 0.223 e. The number of amides is 1. The molecule has 1 heterocycles. The van der Waals surface area contributed by atoms with Gasteiger partial charge in [-0.3, -0.25) is 4.79 Å². The molecular formula is C16H31ClN2O. The molecule has 2 rings (SSSR count). The zero-order chi connectivity index (χ0) is 13.7. The molecule has 1 amide bonds. The van der Waals surface area contributed by atoms with Gasteiger partial charge in [-0.05, 0) is 31.2 Å². The molecule has 2 aliphatic rings. The van der Waals surface area contributed by atoms with E-state index >= 15 is 0 Å². The van der Waals surface area contributed by atoms with E-state index in [0.717, 1.165) is 25.4 Å². The first-order valence-corrected chi connectivity index (χ1v) is 8.18. The van der Waals surface area contributed by atoms with Gasteiger partial charge in [0, 0.05) is 18.5 Å². The van der Waals surface area contributed by atoms with E-state index < -0.39 is 0 Å². The van der Waals surface area contributed by atoms with Gasteiger partial charge in [0.1, 0.15) is 0 Å². The molecule has 1 saturated heterocycles. The highest BCUT2D eigenvalue weighted by Gasteiger charge is 2.26. The van der Waals surface area contributed by atoms with E-state index in [1.807, 2.05) is 0 Å². The van der Waals surface area contributed by atoms with Crippen molar-refractivity contribution < 1.29 is 4.79 Å². The van der Waals surface area contributed by atoms with Gasteiger partial charge in [0.15, 0.2) is 0 Å². The molecule has 0 spiro atoms. The van der Waals surface area contributed by atoms with Crippen LogP contribution in [0.3, 0.4) is 0 Å². The molecule has 0 radical (unpaired) electrons. The number of carbonyl (C=O) groups excluding carboxylic acids is 1. The van der Waals surface area contributed by atoms with Gasteiger partial charge in [0.25, 0.3) is 0 Å². The van der Waals surface area contributed by atoms with E-state index in [2.05, 4.69) is 24.5 Å². The second-order valence-corrected chi connectivity index (χ2v) is 6.73.